The summed E-state index contributed by atoms with van der Waals surface area (Å²) in [4.78, 5) is 28.9. The highest BCUT2D eigenvalue weighted by molar-refractivity contribution is 5.95. The van der Waals surface area contributed by atoms with Crippen molar-refractivity contribution in [2.24, 2.45) is 11.8 Å². The molecule has 3 aromatic rings. The molecule has 7 heteroatoms. The zero-order valence-electron chi connectivity index (χ0n) is 23.5. The molecule has 5 nitrogen and oxygen atoms in total. The number of methoxy groups -OCH3 is 1. The highest BCUT2D eigenvalue weighted by Crippen LogP contribution is 2.33. The Labute approximate surface area is 235 Å². The second-order valence-corrected chi connectivity index (χ2v) is 10.7. The van der Waals surface area contributed by atoms with Gasteiger partial charge in [0.1, 0.15) is 11.6 Å². The van der Waals surface area contributed by atoms with Crippen molar-refractivity contribution in [2.45, 2.75) is 39.2 Å². The Morgan fingerprint density at radius 3 is 2.33 bits per heavy atom. The maximum absolute atomic E-state index is 15.5. The van der Waals surface area contributed by atoms with E-state index >= 15 is 4.39 Å². The largest absolute Gasteiger partial charge is 0.466 e. The topological polar surface area (TPSA) is 49.9 Å². The number of anilines is 2. The number of halogens is 2. The maximum Gasteiger partial charge on any atom is 0.330 e. The molecule has 0 aliphatic heterocycles. The monoisotopic (exact) mass is 546 g/mol. The summed E-state index contributed by atoms with van der Waals surface area (Å²) in [6.45, 7) is 2.09. The first kappa shape index (κ1) is 29.0. The molecule has 0 bridgehead atoms. The van der Waals surface area contributed by atoms with Crippen LogP contribution < -0.4 is 9.80 Å². The summed E-state index contributed by atoms with van der Waals surface area (Å²) < 4.78 is 34.9. The molecular weight excluding hydrogens is 510 g/mol. The van der Waals surface area contributed by atoms with Gasteiger partial charge in [-0.15, -0.1) is 0 Å². The standard InChI is InChI=1S/C33H36F2N2O3/c1-22-6-5-7-26(16-22)33(39)37(30-18-23(17-28(34)20-30)8-15-32(38)40-4)21-27-10-9-25(19-31(27)35)24-11-13-29(14-12-24)36(2)3/h8-15,17-20,22,26H,5-7,16,21H2,1-4H3/b15-8+/t22-,26?/m1/s1. The smallest absolute Gasteiger partial charge is 0.330 e. The lowest BCUT2D eigenvalue weighted by Gasteiger charge is -2.32. The zero-order chi connectivity index (χ0) is 28.8. The van der Waals surface area contributed by atoms with Crippen LogP contribution in [0.15, 0.2) is 66.7 Å². The number of ether oxygens (including phenoxy) is 1. The third-order valence-electron chi connectivity index (χ3n) is 7.48. The fourth-order valence-electron chi connectivity index (χ4n) is 5.23. The Hall–Kier alpha value is -4.00. The molecule has 40 heavy (non-hydrogen) atoms. The third kappa shape index (κ3) is 7.14. The molecule has 1 aliphatic rings. The van der Waals surface area contributed by atoms with Crippen molar-refractivity contribution in [2.75, 3.05) is 31.0 Å². The van der Waals surface area contributed by atoms with Crippen LogP contribution >= 0.6 is 0 Å². The highest BCUT2D eigenvalue weighted by atomic mass is 19.1. The van der Waals surface area contributed by atoms with E-state index in [-0.39, 0.29) is 18.4 Å². The van der Waals surface area contributed by atoms with Crippen LogP contribution in [0.2, 0.25) is 0 Å². The van der Waals surface area contributed by atoms with E-state index in [1.165, 1.54) is 42.4 Å². The summed E-state index contributed by atoms with van der Waals surface area (Å²) in [7, 11) is 5.18. The van der Waals surface area contributed by atoms with Gasteiger partial charge in [-0.25, -0.2) is 13.6 Å². The Morgan fingerprint density at radius 1 is 0.950 bits per heavy atom. The highest BCUT2D eigenvalue weighted by Gasteiger charge is 2.30. The molecule has 1 saturated carbocycles. The molecule has 0 radical (unpaired) electrons. The van der Waals surface area contributed by atoms with Crippen molar-refractivity contribution in [1.82, 2.24) is 0 Å². The van der Waals surface area contributed by atoms with Gasteiger partial charge in [0.05, 0.1) is 13.7 Å². The molecular formula is C33H36F2N2O3. The van der Waals surface area contributed by atoms with Crippen LogP contribution in [-0.2, 0) is 20.9 Å². The number of amides is 1. The predicted octanol–water partition coefficient (Wildman–Crippen LogP) is 7.24. The van der Waals surface area contributed by atoms with E-state index in [0.717, 1.165) is 42.5 Å². The predicted molar refractivity (Wildman–Crippen MR) is 156 cm³/mol. The van der Waals surface area contributed by atoms with Gasteiger partial charge in [0.2, 0.25) is 5.91 Å². The van der Waals surface area contributed by atoms with Crippen molar-refractivity contribution in [1.29, 1.82) is 0 Å². The van der Waals surface area contributed by atoms with Crippen LogP contribution in [0.3, 0.4) is 0 Å². The van der Waals surface area contributed by atoms with Crippen molar-refractivity contribution in [3.63, 3.8) is 0 Å². The van der Waals surface area contributed by atoms with Crippen LogP contribution in [0, 0.1) is 23.5 Å². The molecule has 0 N–H and O–H groups in total. The Kier molecular flexibility index (Phi) is 9.35. The number of rotatable bonds is 8. The first-order chi connectivity index (χ1) is 19.1. The van der Waals surface area contributed by atoms with Crippen molar-refractivity contribution < 1.29 is 23.1 Å². The summed E-state index contributed by atoms with van der Waals surface area (Å²) >= 11 is 0. The second kappa shape index (κ2) is 12.9. The lowest BCUT2D eigenvalue weighted by Crippen LogP contribution is -2.38. The minimum absolute atomic E-state index is 0.0427. The Bertz CT molecular complexity index is 1380. The van der Waals surface area contributed by atoms with E-state index in [1.807, 2.05) is 49.3 Å². The van der Waals surface area contributed by atoms with E-state index in [9.17, 15) is 14.0 Å². The van der Waals surface area contributed by atoms with Gasteiger partial charge in [0, 0.05) is 43.0 Å². The number of hydrogen-bond donors (Lipinski definition) is 0. The molecule has 1 amide bonds. The van der Waals surface area contributed by atoms with Gasteiger partial charge in [0.25, 0.3) is 0 Å². The Morgan fingerprint density at radius 2 is 1.68 bits per heavy atom. The fourth-order valence-corrected chi connectivity index (χ4v) is 5.23. The fraction of sp³-hybridized carbons (Fsp3) is 0.333. The Balaban J connectivity index is 1.67. The number of nitrogens with zero attached hydrogens (tertiary/aromatic N) is 2. The summed E-state index contributed by atoms with van der Waals surface area (Å²) in [5.41, 5.74) is 3.70. The van der Waals surface area contributed by atoms with Gasteiger partial charge in [-0.1, -0.05) is 44.0 Å². The van der Waals surface area contributed by atoms with Gasteiger partial charge < -0.3 is 14.5 Å². The van der Waals surface area contributed by atoms with E-state index in [1.54, 1.807) is 12.1 Å². The molecule has 0 heterocycles. The second-order valence-electron chi connectivity index (χ2n) is 10.7. The number of esters is 1. The molecule has 0 spiro atoms. The van der Waals surface area contributed by atoms with Gasteiger partial charge in [-0.05, 0) is 77.9 Å². The van der Waals surface area contributed by atoms with Crippen LogP contribution in [0.25, 0.3) is 17.2 Å². The quantitative estimate of drug-likeness (QED) is 0.221. The maximum atomic E-state index is 15.5. The molecule has 1 aliphatic carbocycles. The average Bonchev–Trinajstić information content (AvgIpc) is 2.94. The molecule has 3 aromatic carbocycles. The molecule has 1 fully saturated rings. The van der Waals surface area contributed by atoms with E-state index < -0.39 is 17.6 Å². The summed E-state index contributed by atoms with van der Waals surface area (Å²) in [6.07, 6.45) is 6.12. The van der Waals surface area contributed by atoms with Gasteiger partial charge in [-0.3, -0.25) is 4.79 Å². The molecule has 1 unspecified atom stereocenters. The first-order valence-corrected chi connectivity index (χ1v) is 13.6. The number of carbonyl (C=O) groups excluding carboxylic acids is 2. The van der Waals surface area contributed by atoms with Crippen molar-refractivity contribution >= 4 is 29.3 Å². The minimum atomic E-state index is -0.576. The number of carbonyl (C=O) groups is 2. The van der Waals surface area contributed by atoms with Gasteiger partial charge >= 0.3 is 5.97 Å². The van der Waals surface area contributed by atoms with Crippen LogP contribution in [0.5, 0.6) is 0 Å². The SMILES string of the molecule is COC(=O)/C=C/c1cc(F)cc(N(Cc2ccc(-c3ccc(N(C)C)cc3)cc2F)C(=O)C2CCC[C@@H](C)C2)c1. The zero-order valence-corrected chi connectivity index (χ0v) is 23.5. The molecule has 4 rings (SSSR count). The number of hydrogen-bond acceptors (Lipinski definition) is 4. The lowest BCUT2D eigenvalue weighted by atomic mass is 9.81. The molecule has 0 saturated heterocycles. The molecule has 0 aromatic heterocycles. The van der Waals surface area contributed by atoms with Crippen LogP contribution in [-0.4, -0.2) is 33.1 Å². The van der Waals surface area contributed by atoms with Crippen molar-refractivity contribution in [3.8, 4) is 11.1 Å². The average molecular weight is 547 g/mol. The molecule has 2 atom stereocenters. The lowest BCUT2D eigenvalue weighted by molar-refractivity contribution is -0.134. The number of benzene rings is 3. The summed E-state index contributed by atoms with van der Waals surface area (Å²) in [5.74, 6) is -1.54. The summed E-state index contributed by atoms with van der Waals surface area (Å²) in [6, 6.07) is 17.0. The van der Waals surface area contributed by atoms with Crippen LogP contribution in [0.1, 0.15) is 43.7 Å². The van der Waals surface area contributed by atoms with E-state index in [0.29, 0.717) is 22.7 Å². The van der Waals surface area contributed by atoms with Crippen LogP contribution in [0.4, 0.5) is 20.2 Å². The van der Waals surface area contributed by atoms with E-state index in [4.69, 9.17) is 0 Å². The van der Waals surface area contributed by atoms with Gasteiger partial charge in [0.15, 0.2) is 0 Å². The van der Waals surface area contributed by atoms with Crippen molar-refractivity contribution in [3.05, 3.63) is 89.5 Å². The minimum Gasteiger partial charge on any atom is -0.466 e. The summed E-state index contributed by atoms with van der Waals surface area (Å²) in [5, 5.41) is 0. The third-order valence-corrected chi connectivity index (χ3v) is 7.48. The normalized spacial score (nSPS) is 17.1. The van der Waals surface area contributed by atoms with E-state index in [2.05, 4.69) is 11.7 Å². The first-order valence-electron chi connectivity index (χ1n) is 13.6. The van der Waals surface area contributed by atoms with Gasteiger partial charge in [-0.2, -0.15) is 0 Å². The molecule has 210 valence electrons.